The first-order chi connectivity index (χ1) is 9.34. The highest BCUT2D eigenvalue weighted by atomic mass is 79.9. The van der Waals surface area contributed by atoms with Crippen LogP contribution in [0.15, 0.2) is 28.7 Å². The van der Waals surface area contributed by atoms with Gasteiger partial charge in [0.25, 0.3) is 0 Å². The fourth-order valence-corrected chi connectivity index (χ4v) is 2.24. The molecule has 4 nitrogen and oxygen atoms in total. The maximum atomic E-state index is 5.59. The molecule has 1 aliphatic heterocycles. The zero-order valence-corrected chi connectivity index (χ0v) is 12.7. The van der Waals surface area contributed by atoms with Gasteiger partial charge >= 0.3 is 0 Å². The van der Waals surface area contributed by atoms with E-state index in [4.69, 9.17) is 9.47 Å². The summed E-state index contributed by atoms with van der Waals surface area (Å²) in [6.45, 7) is 7.46. The molecule has 1 aromatic rings. The normalized spacial score (nSPS) is 16.5. The highest BCUT2D eigenvalue weighted by Gasteiger charge is 2.08. The van der Waals surface area contributed by atoms with Crippen LogP contribution in [-0.4, -0.2) is 57.4 Å². The minimum atomic E-state index is 0.600. The number of rotatable bonds is 7. The zero-order valence-electron chi connectivity index (χ0n) is 11.1. The summed E-state index contributed by atoms with van der Waals surface area (Å²) < 4.78 is 12.2. The van der Waals surface area contributed by atoms with Crippen LogP contribution in [0.3, 0.4) is 0 Å². The molecule has 2 rings (SSSR count). The van der Waals surface area contributed by atoms with Gasteiger partial charge in [-0.2, -0.15) is 0 Å². The molecule has 1 fully saturated rings. The molecule has 1 saturated heterocycles. The lowest BCUT2D eigenvalue weighted by Gasteiger charge is -2.26. The number of hydrogen-bond donors (Lipinski definition) is 1. The molecule has 0 aromatic heterocycles. The van der Waals surface area contributed by atoms with Crippen molar-refractivity contribution in [1.82, 2.24) is 10.2 Å². The van der Waals surface area contributed by atoms with Crippen LogP contribution in [0.4, 0.5) is 0 Å². The number of piperazine rings is 1. The number of halogens is 1. The van der Waals surface area contributed by atoms with E-state index in [1.54, 1.807) is 0 Å². The monoisotopic (exact) mass is 328 g/mol. The molecule has 1 heterocycles. The maximum Gasteiger partial charge on any atom is 0.119 e. The van der Waals surface area contributed by atoms with Crippen molar-refractivity contribution in [2.45, 2.75) is 0 Å². The fraction of sp³-hybridized carbons (Fsp3) is 0.571. The Hall–Kier alpha value is -0.620. The average molecular weight is 329 g/mol. The Labute approximate surface area is 123 Å². The van der Waals surface area contributed by atoms with Gasteiger partial charge in [0.1, 0.15) is 12.4 Å². The Morgan fingerprint density at radius 3 is 2.53 bits per heavy atom. The summed E-state index contributed by atoms with van der Waals surface area (Å²) in [5, 5.41) is 3.34. The molecule has 1 aromatic carbocycles. The summed E-state index contributed by atoms with van der Waals surface area (Å²) in [6, 6.07) is 7.84. The standard InChI is InChI=1S/C14H21BrN2O2/c15-13-1-3-14(4-2-13)19-12-11-18-10-9-17-7-5-16-6-8-17/h1-4,16H,5-12H2. The van der Waals surface area contributed by atoms with Crippen molar-refractivity contribution in [3.05, 3.63) is 28.7 Å². The summed E-state index contributed by atoms with van der Waals surface area (Å²) in [4.78, 5) is 2.42. The van der Waals surface area contributed by atoms with Crippen LogP contribution >= 0.6 is 15.9 Å². The molecule has 0 unspecified atom stereocenters. The number of hydrogen-bond acceptors (Lipinski definition) is 4. The number of nitrogens with zero attached hydrogens (tertiary/aromatic N) is 1. The summed E-state index contributed by atoms with van der Waals surface area (Å²) in [6.07, 6.45) is 0. The second-order valence-electron chi connectivity index (χ2n) is 4.51. The van der Waals surface area contributed by atoms with E-state index in [0.717, 1.165) is 49.6 Å². The molecular formula is C14H21BrN2O2. The summed E-state index contributed by atoms with van der Waals surface area (Å²) in [7, 11) is 0. The van der Waals surface area contributed by atoms with Gasteiger partial charge in [-0.15, -0.1) is 0 Å². The first kappa shape index (κ1) is 14.8. The minimum Gasteiger partial charge on any atom is -0.491 e. The van der Waals surface area contributed by atoms with Crippen LogP contribution in [0, 0.1) is 0 Å². The van der Waals surface area contributed by atoms with E-state index in [1.165, 1.54) is 0 Å². The van der Waals surface area contributed by atoms with Crippen LogP contribution < -0.4 is 10.1 Å². The summed E-state index contributed by atoms with van der Waals surface area (Å²) in [5.74, 6) is 0.883. The highest BCUT2D eigenvalue weighted by molar-refractivity contribution is 9.10. The third-order valence-corrected chi connectivity index (χ3v) is 3.60. The quantitative estimate of drug-likeness (QED) is 0.773. The van der Waals surface area contributed by atoms with Gasteiger partial charge in [0.2, 0.25) is 0 Å². The van der Waals surface area contributed by atoms with Crippen molar-refractivity contribution >= 4 is 15.9 Å². The van der Waals surface area contributed by atoms with Gasteiger partial charge in [0.05, 0.1) is 13.2 Å². The topological polar surface area (TPSA) is 33.7 Å². The van der Waals surface area contributed by atoms with Gasteiger partial charge in [-0.1, -0.05) is 15.9 Å². The van der Waals surface area contributed by atoms with Gasteiger partial charge in [-0.25, -0.2) is 0 Å². The molecule has 0 bridgehead atoms. The number of nitrogens with one attached hydrogen (secondary N) is 1. The number of ether oxygens (including phenoxy) is 2. The molecule has 106 valence electrons. The SMILES string of the molecule is Brc1ccc(OCCOCCN2CCNCC2)cc1. The maximum absolute atomic E-state index is 5.59. The van der Waals surface area contributed by atoms with Crippen LogP contribution in [0.5, 0.6) is 5.75 Å². The molecule has 1 N–H and O–H groups in total. The van der Waals surface area contributed by atoms with Gasteiger partial charge in [-0.3, -0.25) is 4.90 Å². The fourth-order valence-electron chi connectivity index (χ4n) is 1.98. The Kier molecular flexibility index (Phi) is 6.64. The molecular weight excluding hydrogens is 308 g/mol. The predicted molar refractivity (Wildman–Crippen MR) is 79.8 cm³/mol. The van der Waals surface area contributed by atoms with E-state index < -0.39 is 0 Å². The lowest BCUT2D eigenvalue weighted by atomic mass is 10.3. The van der Waals surface area contributed by atoms with Crippen molar-refractivity contribution in [3.8, 4) is 5.75 Å². The minimum absolute atomic E-state index is 0.600. The molecule has 0 radical (unpaired) electrons. The molecule has 1 aliphatic rings. The molecule has 5 heteroatoms. The van der Waals surface area contributed by atoms with Crippen molar-refractivity contribution in [2.75, 3.05) is 52.5 Å². The average Bonchev–Trinajstić information content (AvgIpc) is 2.46. The molecule has 19 heavy (non-hydrogen) atoms. The Balaban J connectivity index is 1.49. The molecule has 0 atom stereocenters. The second-order valence-corrected chi connectivity index (χ2v) is 5.42. The van der Waals surface area contributed by atoms with Crippen LogP contribution in [0.1, 0.15) is 0 Å². The smallest absolute Gasteiger partial charge is 0.119 e. The van der Waals surface area contributed by atoms with Crippen LogP contribution in [-0.2, 0) is 4.74 Å². The van der Waals surface area contributed by atoms with E-state index in [2.05, 4.69) is 26.1 Å². The van der Waals surface area contributed by atoms with E-state index in [-0.39, 0.29) is 0 Å². The van der Waals surface area contributed by atoms with Crippen molar-refractivity contribution in [1.29, 1.82) is 0 Å². The van der Waals surface area contributed by atoms with Crippen molar-refractivity contribution < 1.29 is 9.47 Å². The van der Waals surface area contributed by atoms with Gasteiger partial charge in [-0.05, 0) is 24.3 Å². The lowest BCUT2D eigenvalue weighted by Crippen LogP contribution is -2.44. The second kappa shape index (κ2) is 8.53. The zero-order chi connectivity index (χ0) is 13.3. The highest BCUT2D eigenvalue weighted by Crippen LogP contribution is 2.15. The third-order valence-electron chi connectivity index (χ3n) is 3.07. The van der Waals surface area contributed by atoms with E-state index >= 15 is 0 Å². The Morgan fingerprint density at radius 1 is 1.05 bits per heavy atom. The summed E-state index contributed by atoms with van der Waals surface area (Å²) >= 11 is 3.40. The summed E-state index contributed by atoms with van der Waals surface area (Å²) in [5.41, 5.74) is 0. The first-order valence-corrected chi connectivity index (χ1v) is 7.53. The first-order valence-electron chi connectivity index (χ1n) is 6.74. The molecule has 0 spiro atoms. The molecule has 0 aliphatic carbocycles. The largest absolute Gasteiger partial charge is 0.491 e. The van der Waals surface area contributed by atoms with E-state index in [9.17, 15) is 0 Å². The Bertz CT molecular complexity index is 353. The van der Waals surface area contributed by atoms with Crippen LogP contribution in [0.2, 0.25) is 0 Å². The lowest BCUT2D eigenvalue weighted by molar-refractivity contribution is 0.0767. The number of benzene rings is 1. The molecule has 0 saturated carbocycles. The van der Waals surface area contributed by atoms with Crippen LogP contribution in [0.25, 0.3) is 0 Å². The van der Waals surface area contributed by atoms with E-state index in [0.29, 0.717) is 13.2 Å². The molecule has 0 amide bonds. The van der Waals surface area contributed by atoms with E-state index in [1.807, 2.05) is 24.3 Å². The predicted octanol–water partition coefficient (Wildman–Crippen LogP) is 1.75. The van der Waals surface area contributed by atoms with Crippen molar-refractivity contribution in [2.24, 2.45) is 0 Å². The van der Waals surface area contributed by atoms with Gasteiger partial charge in [0.15, 0.2) is 0 Å². The Morgan fingerprint density at radius 2 is 1.79 bits per heavy atom. The van der Waals surface area contributed by atoms with Gasteiger partial charge < -0.3 is 14.8 Å². The van der Waals surface area contributed by atoms with Crippen molar-refractivity contribution in [3.63, 3.8) is 0 Å². The van der Waals surface area contributed by atoms with Gasteiger partial charge in [0, 0.05) is 37.2 Å². The third kappa shape index (κ3) is 5.91.